The number of para-hydroxylation sites is 3. The molecule has 0 aliphatic carbocycles. The van der Waals surface area contributed by atoms with Gasteiger partial charge in [0.2, 0.25) is 0 Å². The molecular formula is C65H43FN4O2Pt-2. The van der Waals surface area contributed by atoms with Gasteiger partial charge in [0.15, 0.2) is 0 Å². The van der Waals surface area contributed by atoms with Gasteiger partial charge >= 0.3 is 0 Å². The van der Waals surface area contributed by atoms with Crippen LogP contribution in [0.25, 0.3) is 116 Å². The second-order valence-electron chi connectivity index (χ2n) is 19.7. The quantitative estimate of drug-likeness (QED) is 0.127. The van der Waals surface area contributed by atoms with E-state index in [1.54, 1.807) is 6.92 Å². The molecule has 0 N–H and O–H groups in total. The van der Waals surface area contributed by atoms with Gasteiger partial charge in [-0.3, -0.25) is 4.57 Å². The van der Waals surface area contributed by atoms with Crippen LogP contribution in [0.2, 0.25) is 0 Å². The van der Waals surface area contributed by atoms with E-state index in [2.05, 4.69) is 200 Å². The average Bonchev–Trinajstić information content (AvgIpc) is 4.08. The predicted molar refractivity (Wildman–Crippen MR) is 286 cm³/mol. The predicted octanol–water partition coefficient (Wildman–Crippen LogP) is 16.2. The van der Waals surface area contributed by atoms with Gasteiger partial charge in [-0.1, -0.05) is 165 Å². The molecule has 354 valence electrons. The number of aryl methyl sites for hydroxylation is 1. The number of aromatic nitrogens is 4. The van der Waals surface area contributed by atoms with Crippen LogP contribution < -0.4 is 9.30 Å². The van der Waals surface area contributed by atoms with E-state index in [-0.39, 0.29) is 32.3 Å². The molecule has 0 saturated carbocycles. The molecule has 73 heavy (non-hydrogen) atoms. The molecule has 0 atom stereocenters. The Morgan fingerprint density at radius 2 is 1.25 bits per heavy atom. The molecule has 0 radical (unpaired) electrons. The SMILES string of the molecule is Cc1cc2c(cc1F)oc1c(-n3[c-][n+]4c5c(cccc53)-c3ccccc3-c3ccccc3-c3cccc(-c5ccccc5)c3-4)[c-]c(Oc3[c-]c4c(cc3)c3ccccc3n4-c3cc(C(C)(C)C)ccn3)cc12.[Pt]. The second-order valence-corrected chi connectivity index (χ2v) is 19.7. The van der Waals surface area contributed by atoms with Crippen molar-refractivity contribution in [3.8, 4) is 73.2 Å². The number of rotatable bonds is 5. The molecule has 0 unspecified atom stereocenters. The molecule has 0 fully saturated rings. The summed E-state index contributed by atoms with van der Waals surface area (Å²) in [6.07, 6.45) is 5.78. The number of hydrogen-bond donors (Lipinski definition) is 0. The maximum absolute atomic E-state index is 15.5. The normalized spacial score (nSPS) is 12.1. The molecule has 0 bridgehead atoms. The van der Waals surface area contributed by atoms with E-state index in [9.17, 15) is 0 Å². The van der Waals surface area contributed by atoms with Crippen LogP contribution >= 0.6 is 0 Å². The summed E-state index contributed by atoms with van der Waals surface area (Å²) in [5.74, 6) is 1.38. The molecule has 9 aromatic carbocycles. The zero-order chi connectivity index (χ0) is 48.4. The monoisotopic (exact) mass is 1130 g/mol. The fourth-order valence-electron chi connectivity index (χ4n) is 10.9. The zero-order valence-corrected chi connectivity index (χ0v) is 42.5. The van der Waals surface area contributed by atoms with Crippen LogP contribution in [-0.4, -0.2) is 14.1 Å². The van der Waals surface area contributed by atoms with Crippen molar-refractivity contribution >= 4 is 54.8 Å². The van der Waals surface area contributed by atoms with Gasteiger partial charge in [0.1, 0.15) is 17.2 Å². The van der Waals surface area contributed by atoms with Crippen molar-refractivity contribution < 1.29 is 39.2 Å². The van der Waals surface area contributed by atoms with Crippen molar-refractivity contribution in [2.75, 3.05) is 0 Å². The Balaban J connectivity index is 0.00000516. The van der Waals surface area contributed by atoms with Gasteiger partial charge in [-0.05, 0) is 103 Å². The van der Waals surface area contributed by atoms with Crippen molar-refractivity contribution in [1.29, 1.82) is 0 Å². The summed E-state index contributed by atoms with van der Waals surface area (Å²) >= 11 is 0. The number of halogens is 1. The van der Waals surface area contributed by atoms with E-state index in [1.165, 1.54) is 11.6 Å². The van der Waals surface area contributed by atoms with Gasteiger partial charge in [-0.2, -0.15) is 6.07 Å². The maximum Gasteiger partial charge on any atom is 0.268 e. The van der Waals surface area contributed by atoms with E-state index in [0.29, 0.717) is 33.9 Å². The van der Waals surface area contributed by atoms with E-state index < -0.39 is 0 Å². The van der Waals surface area contributed by atoms with E-state index >= 15 is 4.39 Å². The number of hydrogen-bond acceptors (Lipinski definition) is 3. The Morgan fingerprint density at radius 1 is 0.589 bits per heavy atom. The van der Waals surface area contributed by atoms with Crippen molar-refractivity contribution in [1.82, 2.24) is 14.1 Å². The number of ether oxygens (including phenoxy) is 1. The first-order chi connectivity index (χ1) is 35.2. The summed E-state index contributed by atoms with van der Waals surface area (Å²) in [5.41, 5.74) is 16.4. The van der Waals surface area contributed by atoms with Gasteiger partial charge in [-0.15, -0.1) is 29.7 Å². The molecule has 4 aromatic heterocycles. The fourth-order valence-corrected chi connectivity index (χ4v) is 10.9. The standard InChI is InChI=1S/C65H43FN4O2.Pt/c1-39-32-53-54-34-43(71-42-28-29-50-49-22-12-13-26-56(49)70(58(50)35-42)61-33-41(30-31-67-61)65(2,3)4)36-59(64(54)72-60(53)37-55(39)66)68-38-69-62-44(40-16-6-5-7-17-40)23-14-24-51(62)47-20-10-8-18-45(47)46-19-9-11-21-48(46)52-25-15-27-57(68)63(52)69;/h5-34,37H,1-4H3;/q-2;. The number of pyridine rings is 1. The largest absolute Gasteiger partial charge is 0.519 e. The minimum Gasteiger partial charge on any atom is -0.519 e. The molecule has 0 spiro atoms. The van der Waals surface area contributed by atoms with Crippen LogP contribution in [0.1, 0.15) is 31.9 Å². The molecule has 6 nitrogen and oxygen atoms in total. The molecule has 0 amide bonds. The van der Waals surface area contributed by atoms with E-state index in [0.717, 1.165) is 99.6 Å². The summed E-state index contributed by atoms with van der Waals surface area (Å²) < 4.78 is 35.6. The van der Waals surface area contributed by atoms with Crippen LogP contribution in [0, 0.1) is 31.2 Å². The van der Waals surface area contributed by atoms with Crippen molar-refractivity contribution in [2.45, 2.75) is 33.1 Å². The van der Waals surface area contributed by atoms with Gasteiger partial charge in [0.25, 0.3) is 6.33 Å². The molecule has 1 aliphatic rings. The van der Waals surface area contributed by atoms with E-state index in [1.807, 2.05) is 35.0 Å². The van der Waals surface area contributed by atoms with Crippen LogP contribution in [0.3, 0.4) is 0 Å². The average molecular weight is 1130 g/mol. The fraction of sp³-hybridized carbons (Fsp3) is 0.0769. The van der Waals surface area contributed by atoms with Crippen LogP contribution in [0.5, 0.6) is 11.5 Å². The van der Waals surface area contributed by atoms with Gasteiger partial charge in [0, 0.05) is 61.3 Å². The van der Waals surface area contributed by atoms with Gasteiger partial charge in [-0.25, -0.2) is 9.37 Å². The third-order valence-electron chi connectivity index (χ3n) is 14.3. The molecular weight excluding hydrogens is 1080 g/mol. The van der Waals surface area contributed by atoms with Crippen molar-refractivity contribution in [3.63, 3.8) is 0 Å². The topological polar surface area (TPSA) is 49.0 Å². The van der Waals surface area contributed by atoms with Crippen molar-refractivity contribution in [3.05, 3.63) is 224 Å². The first-order valence-electron chi connectivity index (χ1n) is 24.2. The third-order valence-corrected chi connectivity index (χ3v) is 14.3. The number of nitrogens with zero attached hydrogens (tertiary/aromatic N) is 4. The minimum absolute atomic E-state index is 0. The minimum atomic E-state index is -0.344. The van der Waals surface area contributed by atoms with E-state index in [4.69, 9.17) is 14.1 Å². The molecule has 13 aromatic rings. The first-order valence-corrected chi connectivity index (χ1v) is 24.2. The van der Waals surface area contributed by atoms with Crippen LogP contribution in [0.4, 0.5) is 4.39 Å². The second kappa shape index (κ2) is 16.9. The van der Waals surface area contributed by atoms with Gasteiger partial charge in [0.05, 0.1) is 16.7 Å². The summed E-state index contributed by atoms with van der Waals surface area (Å²) in [5, 5.41) is 3.63. The van der Waals surface area contributed by atoms with Crippen LogP contribution in [0.15, 0.2) is 193 Å². The summed E-state index contributed by atoms with van der Waals surface area (Å²) in [6.45, 7) is 8.40. The number of furan rings is 1. The Bertz CT molecular complexity index is 4390. The van der Waals surface area contributed by atoms with Crippen molar-refractivity contribution in [2.24, 2.45) is 0 Å². The smallest absolute Gasteiger partial charge is 0.268 e. The molecule has 8 heteroatoms. The molecule has 0 saturated heterocycles. The Hall–Kier alpha value is -8.38. The first kappa shape index (κ1) is 44.6. The molecule has 14 rings (SSSR count). The van der Waals surface area contributed by atoms with Gasteiger partial charge < -0.3 is 18.3 Å². The summed E-state index contributed by atoms with van der Waals surface area (Å²) in [7, 11) is 0. The molecule has 1 aliphatic heterocycles. The Labute approximate surface area is 435 Å². The maximum atomic E-state index is 15.5. The third kappa shape index (κ3) is 7.01. The Kier molecular flexibility index (Phi) is 10.3. The number of benzene rings is 9. The summed E-state index contributed by atoms with van der Waals surface area (Å²) in [6, 6.07) is 70.0. The Morgan fingerprint density at radius 3 is 2.03 bits per heavy atom. The van der Waals surface area contributed by atoms with Crippen LogP contribution in [-0.2, 0) is 26.5 Å². The zero-order valence-electron chi connectivity index (χ0n) is 40.2. The molecule has 5 heterocycles. The number of imidazole rings is 1. The summed E-state index contributed by atoms with van der Waals surface area (Å²) in [4.78, 5) is 4.90. The number of fused-ring (bicyclic) bond motifs is 13.